The van der Waals surface area contributed by atoms with Crippen molar-refractivity contribution in [2.75, 3.05) is 19.8 Å². The van der Waals surface area contributed by atoms with Gasteiger partial charge in [0.15, 0.2) is 0 Å². The Morgan fingerprint density at radius 2 is 1.00 bits per heavy atom. The van der Waals surface area contributed by atoms with Gasteiger partial charge in [0.25, 0.3) is 0 Å². The lowest BCUT2D eigenvalue weighted by atomic mass is 10.0. The third-order valence-corrected chi connectivity index (χ3v) is 11.8. The van der Waals surface area contributed by atoms with Crippen LogP contribution in [0.4, 0.5) is 0 Å². The maximum atomic E-state index is 12.8. The Kier molecular flexibility index (Phi) is 42.2. The fourth-order valence-electron chi connectivity index (χ4n) is 7.19. The number of phosphoric acid groups is 1. The lowest BCUT2D eigenvalue weighted by molar-refractivity contribution is -0.124. The molecule has 0 aromatic carbocycles. The quantitative estimate of drug-likeness (QED) is 0.0231. The zero-order chi connectivity index (χ0) is 41.9. The van der Waals surface area contributed by atoms with Crippen LogP contribution < -0.4 is 11.1 Å². The summed E-state index contributed by atoms with van der Waals surface area (Å²) in [5.74, 6) is -0.452. The SMILES string of the molecule is CCCCCCCCCCCCCCCC/C=C/CC/C=C/C(O)C(COP(=O)(O)OCCN)NC(=O)CC(O)CCCCCCCCCCCCCCCCC. The largest absolute Gasteiger partial charge is 0.472 e. The lowest BCUT2D eigenvalue weighted by Gasteiger charge is -2.24. The first-order valence-corrected chi connectivity index (χ1v) is 25.5. The molecule has 6 N–H and O–H groups in total. The number of amides is 1. The van der Waals surface area contributed by atoms with Crippen molar-refractivity contribution < 1.29 is 33.5 Å². The maximum absolute atomic E-state index is 12.8. The number of phosphoric ester groups is 1. The van der Waals surface area contributed by atoms with Crippen molar-refractivity contribution in [1.29, 1.82) is 0 Å². The fraction of sp³-hybridized carbons (Fsp3) is 0.894. The first-order valence-electron chi connectivity index (χ1n) is 24.0. The van der Waals surface area contributed by atoms with Crippen LogP contribution in [0.5, 0.6) is 0 Å². The number of hydrogen-bond acceptors (Lipinski definition) is 7. The van der Waals surface area contributed by atoms with E-state index >= 15 is 0 Å². The first kappa shape index (κ1) is 55.9. The fourth-order valence-corrected chi connectivity index (χ4v) is 7.95. The monoisotopic (exact) mass is 829 g/mol. The molecule has 1 amide bonds. The second-order valence-electron chi connectivity index (χ2n) is 16.5. The third-order valence-electron chi connectivity index (χ3n) is 10.8. The number of hydrogen-bond donors (Lipinski definition) is 5. The molecule has 338 valence electrons. The molecule has 0 heterocycles. The van der Waals surface area contributed by atoms with E-state index in [0.717, 1.165) is 32.1 Å². The number of allylic oxidation sites excluding steroid dienone is 3. The van der Waals surface area contributed by atoms with Gasteiger partial charge in [-0.1, -0.05) is 218 Å². The minimum atomic E-state index is -4.41. The van der Waals surface area contributed by atoms with Crippen LogP contribution in [-0.4, -0.2) is 59.0 Å². The lowest BCUT2D eigenvalue weighted by Crippen LogP contribution is -2.46. The number of unbranched alkanes of at least 4 members (excludes halogenated alkanes) is 29. The molecule has 0 aliphatic heterocycles. The topological polar surface area (TPSA) is 151 Å². The van der Waals surface area contributed by atoms with Gasteiger partial charge in [-0.25, -0.2) is 4.57 Å². The summed E-state index contributed by atoms with van der Waals surface area (Å²) in [6, 6.07) is -0.996. The Balaban J connectivity index is 4.28. The van der Waals surface area contributed by atoms with E-state index in [4.69, 9.17) is 14.8 Å². The number of nitrogens with one attached hydrogen (secondary N) is 1. The van der Waals surface area contributed by atoms with Gasteiger partial charge in [-0.15, -0.1) is 0 Å². The smallest absolute Gasteiger partial charge is 0.393 e. The van der Waals surface area contributed by atoms with Crippen LogP contribution in [-0.2, 0) is 18.4 Å². The molecular formula is C47H93N2O7P. The summed E-state index contributed by atoms with van der Waals surface area (Å²) in [6.07, 6.45) is 47.0. The number of nitrogens with two attached hydrogens (primary N) is 1. The van der Waals surface area contributed by atoms with Crippen LogP contribution in [0.25, 0.3) is 0 Å². The number of carbonyl (C=O) groups is 1. The minimum absolute atomic E-state index is 0.0462. The van der Waals surface area contributed by atoms with Gasteiger partial charge in [0.05, 0.1) is 37.9 Å². The average molecular weight is 829 g/mol. The highest BCUT2D eigenvalue weighted by atomic mass is 31.2. The molecule has 0 aliphatic carbocycles. The van der Waals surface area contributed by atoms with E-state index in [9.17, 15) is 24.5 Å². The second kappa shape index (κ2) is 43.0. The van der Waals surface area contributed by atoms with E-state index in [1.165, 1.54) is 167 Å². The summed E-state index contributed by atoms with van der Waals surface area (Å²) in [5.41, 5.74) is 5.37. The summed E-state index contributed by atoms with van der Waals surface area (Å²) in [5, 5.41) is 24.1. The highest BCUT2D eigenvalue weighted by molar-refractivity contribution is 7.47. The number of aliphatic hydroxyl groups excluding tert-OH is 2. The molecule has 0 saturated heterocycles. The predicted molar refractivity (Wildman–Crippen MR) is 241 cm³/mol. The van der Waals surface area contributed by atoms with Gasteiger partial charge in [0.2, 0.25) is 5.91 Å². The van der Waals surface area contributed by atoms with Crippen molar-refractivity contribution in [3.8, 4) is 0 Å². The van der Waals surface area contributed by atoms with Crippen molar-refractivity contribution >= 4 is 13.7 Å². The van der Waals surface area contributed by atoms with Crippen molar-refractivity contribution in [3.05, 3.63) is 24.3 Å². The Morgan fingerprint density at radius 1 is 0.596 bits per heavy atom. The highest BCUT2D eigenvalue weighted by Crippen LogP contribution is 2.43. The van der Waals surface area contributed by atoms with Crippen LogP contribution in [0.3, 0.4) is 0 Å². The molecule has 0 aromatic heterocycles. The van der Waals surface area contributed by atoms with E-state index < -0.39 is 38.6 Å². The molecule has 0 aromatic rings. The molecule has 0 saturated carbocycles. The predicted octanol–water partition coefficient (Wildman–Crippen LogP) is 12.7. The number of aliphatic hydroxyl groups is 2. The van der Waals surface area contributed by atoms with E-state index in [1.807, 2.05) is 6.08 Å². The standard InChI is InChI=1S/C47H93N2O7P/c1-3-5-7-9-11-13-15-17-19-20-21-22-23-25-27-29-31-33-35-37-39-46(51)45(43-56-57(53,54)55-41-40-48)49-47(52)42-44(50)38-36-34-32-30-28-26-24-18-16-14-12-10-8-6-4-2/h29,31,37,39,44-46,50-51H,3-28,30,32-36,38,40-43,48H2,1-2H3,(H,49,52)(H,53,54)/b31-29+,39-37+. The van der Waals surface area contributed by atoms with Crippen molar-refractivity contribution in [3.63, 3.8) is 0 Å². The first-order chi connectivity index (χ1) is 27.8. The Bertz CT molecular complexity index is 966. The van der Waals surface area contributed by atoms with Gasteiger partial charge in [0, 0.05) is 6.54 Å². The Labute approximate surface area is 351 Å². The second-order valence-corrected chi connectivity index (χ2v) is 18.0. The van der Waals surface area contributed by atoms with Gasteiger partial charge in [0.1, 0.15) is 0 Å². The van der Waals surface area contributed by atoms with Gasteiger partial charge in [-0.3, -0.25) is 13.8 Å². The van der Waals surface area contributed by atoms with Crippen molar-refractivity contribution in [2.45, 2.75) is 250 Å². The average Bonchev–Trinajstić information content (AvgIpc) is 3.19. The summed E-state index contributed by atoms with van der Waals surface area (Å²) in [4.78, 5) is 22.8. The van der Waals surface area contributed by atoms with Crippen LogP contribution >= 0.6 is 7.82 Å². The minimum Gasteiger partial charge on any atom is -0.393 e. The van der Waals surface area contributed by atoms with Gasteiger partial charge < -0.3 is 26.2 Å². The van der Waals surface area contributed by atoms with E-state index in [1.54, 1.807) is 6.08 Å². The van der Waals surface area contributed by atoms with Crippen LogP contribution in [0, 0.1) is 0 Å². The maximum Gasteiger partial charge on any atom is 0.472 e. The number of rotatable bonds is 45. The molecule has 0 rings (SSSR count). The molecule has 0 fully saturated rings. The van der Waals surface area contributed by atoms with Crippen molar-refractivity contribution in [1.82, 2.24) is 5.32 Å². The molecule has 0 aliphatic rings. The van der Waals surface area contributed by atoms with E-state index in [-0.39, 0.29) is 19.6 Å². The third kappa shape index (κ3) is 41.5. The van der Waals surface area contributed by atoms with Crippen LogP contribution in [0.1, 0.15) is 232 Å². The summed E-state index contributed by atoms with van der Waals surface area (Å²) in [6.45, 7) is 3.98. The summed E-state index contributed by atoms with van der Waals surface area (Å²) < 4.78 is 22.1. The van der Waals surface area contributed by atoms with Gasteiger partial charge >= 0.3 is 7.82 Å². The van der Waals surface area contributed by atoms with E-state index in [2.05, 4.69) is 31.3 Å². The van der Waals surface area contributed by atoms with Gasteiger partial charge in [-0.05, 0) is 32.1 Å². The zero-order valence-corrected chi connectivity index (χ0v) is 38.1. The zero-order valence-electron chi connectivity index (χ0n) is 37.2. The Morgan fingerprint density at radius 3 is 1.46 bits per heavy atom. The molecular weight excluding hydrogens is 735 g/mol. The normalized spacial score (nSPS) is 14.7. The molecule has 0 radical (unpaired) electrons. The van der Waals surface area contributed by atoms with Gasteiger partial charge in [-0.2, -0.15) is 0 Å². The molecule has 10 heteroatoms. The molecule has 57 heavy (non-hydrogen) atoms. The molecule has 9 nitrogen and oxygen atoms in total. The van der Waals surface area contributed by atoms with E-state index in [0.29, 0.717) is 12.8 Å². The summed E-state index contributed by atoms with van der Waals surface area (Å²) in [7, 11) is -4.41. The molecule has 4 atom stereocenters. The van der Waals surface area contributed by atoms with Crippen molar-refractivity contribution in [2.24, 2.45) is 5.73 Å². The molecule has 0 bridgehead atoms. The highest BCUT2D eigenvalue weighted by Gasteiger charge is 2.27. The molecule has 0 spiro atoms. The number of carbonyl (C=O) groups excluding carboxylic acids is 1. The van der Waals surface area contributed by atoms with Crippen LogP contribution in [0.2, 0.25) is 0 Å². The molecule has 4 unspecified atom stereocenters. The summed E-state index contributed by atoms with van der Waals surface area (Å²) >= 11 is 0. The Hall–Kier alpha value is -1.06. The van der Waals surface area contributed by atoms with Crippen LogP contribution in [0.15, 0.2) is 24.3 Å².